The molecule has 9 heteroatoms. The maximum atomic E-state index is 13.8. The summed E-state index contributed by atoms with van der Waals surface area (Å²) in [5, 5.41) is 1.65. The topological polar surface area (TPSA) is 71.4 Å². The molecule has 0 bridgehead atoms. The molecule has 1 aliphatic heterocycles. The van der Waals surface area contributed by atoms with Gasteiger partial charge >= 0.3 is 0 Å². The van der Waals surface area contributed by atoms with Gasteiger partial charge in [0.15, 0.2) is 0 Å². The van der Waals surface area contributed by atoms with Crippen molar-refractivity contribution in [3.05, 3.63) is 88.1 Å². The lowest BCUT2D eigenvalue weighted by Gasteiger charge is -2.12. The first-order valence-corrected chi connectivity index (χ1v) is 10.8. The first-order chi connectivity index (χ1) is 15.7. The molecule has 2 aromatic carbocycles. The number of aromatic nitrogens is 1. The van der Waals surface area contributed by atoms with E-state index in [2.05, 4.69) is 5.32 Å². The number of hydrogen-bond acceptors (Lipinski definition) is 4. The molecule has 33 heavy (non-hydrogen) atoms. The maximum Gasteiger partial charge on any atom is 0.294 e. The summed E-state index contributed by atoms with van der Waals surface area (Å²) in [5.74, 6) is -3.12. The van der Waals surface area contributed by atoms with Crippen molar-refractivity contribution in [2.45, 2.75) is 13.8 Å². The maximum absolute atomic E-state index is 13.8. The first kappa shape index (κ1) is 22.5. The number of halogens is 2. The van der Waals surface area contributed by atoms with Crippen LogP contribution in [0, 0.1) is 25.5 Å². The number of carbonyl (C=O) groups excluding carboxylic acids is 3. The highest BCUT2D eigenvalue weighted by atomic mass is 32.2. The molecule has 1 saturated heterocycles. The average molecular weight is 467 g/mol. The number of anilines is 1. The Bertz CT molecular complexity index is 1300. The van der Waals surface area contributed by atoms with Gasteiger partial charge in [-0.2, -0.15) is 0 Å². The zero-order valence-electron chi connectivity index (χ0n) is 17.8. The van der Waals surface area contributed by atoms with Gasteiger partial charge in [-0.25, -0.2) is 8.78 Å². The average Bonchev–Trinajstić information content (AvgIpc) is 3.20. The van der Waals surface area contributed by atoms with Crippen LogP contribution in [0.4, 0.5) is 19.3 Å². The number of thioether (sulfide) groups is 1. The number of hydrogen-bond donors (Lipinski definition) is 1. The number of nitrogens with one attached hydrogen (secondary N) is 1. The number of imide groups is 1. The predicted molar refractivity (Wildman–Crippen MR) is 123 cm³/mol. The molecule has 168 valence electrons. The van der Waals surface area contributed by atoms with E-state index in [4.69, 9.17) is 0 Å². The van der Waals surface area contributed by atoms with Gasteiger partial charge in [-0.05, 0) is 67.6 Å². The second kappa shape index (κ2) is 9.03. The highest BCUT2D eigenvalue weighted by Crippen LogP contribution is 2.33. The zero-order valence-corrected chi connectivity index (χ0v) is 18.6. The van der Waals surface area contributed by atoms with Crippen molar-refractivity contribution >= 4 is 40.6 Å². The third-order valence-electron chi connectivity index (χ3n) is 5.15. The van der Waals surface area contributed by atoms with Gasteiger partial charge in [-0.3, -0.25) is 19.3 Å². The first-order valence-electron chi connectivity index (χ1n) is 9.99. The smallest absolute Gasteiger partial charge is 0.294 e. The Morgan fingerprint density at radius 3 is 2.48 bits per heavy atom. The summed E-state index contributed by atoms with van der Waals surface area (Å²) in [5.41, 5.74) is 3.38. The number of carbonyl (C=O) groups is 3. The van der Waals surface area contributed by atoms with Crippen LogP contribution in [0.15, 0.2) is 59.5 Å². The molecule has 2 heterocycles. The molecule has 0 aliphatic carbocycles. The van der Waals surface area contributed by atoms with Crippen LogP contribution in [0.2, 0.25) is 0 Å². The Morgan fingerprint density at radius 1 is 1.06 bits per heavy atom. The van der Waals surface area contributed by atoms with Crippen molar-refractivity contribution in [1.82, 2.24) is 9.47 Å². The number of benzene rings is 2. The number of rotatable bonds is 5. The van der Waals surface area contributed by atoms with Crippen LogP contribution < -0.4 is 5.32 Å². The lowest BCUT2D eigenvalue weighted by molar-refractivity contribution is -0.127. The van der Waals surface area contributed by atoms with E-state index in [1.165, 1.54) is 0 Å². The molecular weight excluding hydrogens is 448 g/mol. The van der Waals surface area contributed by atoms with Crippen LogP contribution in [0.5, 0.6) is 0 Å². The Labute approximate surface area is 192 Å². The van der Waals surface area contributed by atoms with Gasteiger partial charge in [0.1, 0.15) is 18.2 Å². The Hall–Kier alpha value is -3.72. The molecule has 1 aromatic heterocycles. The van der Waals surface area contributed by atoms with Gasteiger partial charge < -0.3 is 9.88 Å². The van der Waals surface area contributed by atoms with Crippen molar-refractivity contribution < 1.29 is 23.2 Å². The van der Waals surface area contributed by atoms with E-state index in [1.54, 1.807) is 6.08 Å². The standard InChI is InChI=1S/C24H19F2N3O3S/c1-14-10-16(15(2)29(14)18-6-4-3-5-7-18)11-21-23(31)28(24(32)33-21)13-22(30)27-20-9-8-17(25)12-19(20)26/h3-12H,13H2,1-2H3,(H,27,30). The second-order valence-corrected chi connectivity index (χ2v) is 8.43. The molecule has 0 saturated carbocycles. The third-order valence-corrected chi connectivity index (χ3v) is 6.06. The van der Waals surface area contributed by atoms with Crippen molar-refractivity contribution in [3.8, 4) is 5.69 Å². The Kier molecular flexibility index (Phi) is 6.15. The van der Waals surface area contributed by atoms with Crippen LogP contribution in [-0.2, 0) is 9.59 Å². The largest absolute Gasteiger partial charge is 0.322 e. The summed E-state index contributed by atoms with van der Waals surface area (Å²) in [4.78, 5) is 38.4. The number of aryl methyl sites for hydroxylation is 1. The number of para-hydroxylation sites is 1. The van der Waals surface area contributed by atoms with Crippen LogP contribution in [0.25, 0.3) is 11.8 Å². The fraction of sp³-hybridized carbons (Fsp3) is 0.125. The number of nitrogens with zero attached hydrogens (tertiary/aromatic N) is 2. The van der Waals surface area contributed by atoms with Gasteiger partial charge in [-0.15, -0.1) is 0 Å². The van der Waals surface area contributed by atoms with E-state index in [9.17, 15) is 23.2 Å². The summed E-state index contributed by atoms with van der Waals surface area (Å²) in [6, 6.07) is 14.3. The molecule has 4 rings (SSSR count). The summed E-state index contributed by atoms with van der Waals surface area (Å²) in [7, 11) is 0. The van der Waals surface area contributed by atoms with E-state index in [1.807, 2.05) is 54.8 Å². The third kappa shape index (κ3) is 4.58. The molecule has 3 aromatic rings. The van der Waals surface area contributed by atoms with Crippen LogP contribution in [0.3, 0.4) is 0 Å². The highest BCUT2D eigenvalue weighted by Gasteiger charge is 2.36. The summed E-state index contributed by atoms with van der Waals surface area (Å²) in [6.07, 6.45) is 1.63. The normalized spacial score (nSPS) is 14.9. The Balaban J connectivity index is 1.52. The predicted octanol–water partition coefficient (Wildman–Crippen LogP) is 5.05. The number of amides is 3. The van der Waals surface area contributed by atoms with Crippen molar-refractivity contribution in [2.24, 2.45) is 0 Å². The zero-order chi connectivity index (χ0) is 23.7. The van der Waals surface area contributed by atoms with E-state index in [0.29, 0.717) is 6.07 Å². The molecule has 1 fully saturated rings. The molecule has 0 atom stereocenters. The monoisotopic (exact) mass is 467 g/mol. The fourth-order valence-electron chi connectivity index (χ4n) is 3.61. The molecule has 0 unspecified atom stereocenters. The minimum atomic E-state index is -0.953. The molecule has 6 nitrogen and oxygen atoms in total. The minimum Gasteiger partial charge on any atom is -0.322 e. The van der Waals surface area contributed by atoms with Crippen molar-refractivity contribution in [2.75, 3.05) is 11.9 Å². The summed E-state index contributed by atoms with van der Waals surface area (Å²) < 4.78 is 28.8. The van der Waals surface area contributed by atoms with Gasteiger partial charge in [0.05, 0.1) is 10.6 Å². The van der Waals surface area contributed by atoms with Crippen LogP contribution in [-0.4, -0.2) is 33.1 Å². The summed E-state index contributed by atoms with van der Waals surface area (Å²) in [6.45, 7) is 3.28. The van der Waals surface area contributed by atoms with Crippen LogP contribution >= 0.6 is 11.8 Å². The molecule has 0 spiro atoms. The molecule has 1 aliphatic rings. The van der Waals surface area contributed by atoms with Gasteiger partial charge in [0.25, 0.3) is 11.1 Å². The van der Waals surface area contributed by atoms with Crippen molar-refractivity contribution in [3.63, 3.8) is 0 Å². The molecule has 0 radical (unpaired) electrons. The van der Waals surface area contributed by atoms with Crippen LogP contribution in [0.1, 0.15) is 17.0 Å². The van der Waals surface area contributed by atoms with Gasteiger partial charge in [0.2, 0.25) is 5.91 Å². The summed E-state index contributed by atoms with van der Waals surface area (Å²) >= 11 is 0.735. The van der Waals surface area contributed by atoms with E-state index < -0.39 is 35.2 Å². The van der Waals surface area contributed by atoms with Gasteiger partial charge in [-0.1, -0.05) is 18.2 Å². The second-order valence-electron chi connectivity index (χ2n) is 7.44. The molecular formula is C24H19F2N3O3S. The van der Waals surface area contributed by atoms with Gasteiger partial charge in [0, 0.05) is 23.1 Å². The van der Waals surface area contributed by atoms with E-state index >= 15 is 0 Å². The van der Waals surface area contributed by atoms with Crippen molar-refractivity contribution in [1.29, 1.82) is 0 Å². The highest BCUT2D eigenvalue weighted by molar-refractivity contribution is 8.18. The lowest BCUT2D eigenvalue weighted by Crippen LogP contribution is -2.36. The molecule has 3 amide bonds. The van der Waals surface area contributed by atoms with E-state index in [-0.39, 0.29) is 10.6 Å². The Morgan fingerprint density at radius 2 is 1.79 bits per heavy atom. The van der Waals surface area contributed by atoms with E-state index in [0.717, 1.165) is 51.4 Å². The lowest BCUT2D eigenvalue weighted by atomic mass is 10.2. The molecule has 1 N–H and O–H groups in total. The fourth-order valence-corrected chi connectivity index (χ4v) is 4.44. The minimum absolute atomic E-state index is 0.189. The SMILES string of the molecule is Cc1cc(C=C2SC(=O)N(CC(=O)Nc3ccc(F)cc3F)C2=O)c(C)n1-c1ccccc1. The quantitative estimate of drug-likeness (QED) is 0.534.